The number of carbonyl (C=O) groups is 1. The predicted molar refractivity (Wildman–Crippen MR) is 79.2 cm³/mol. The van der Waals surface area contributed by atoms with Crippen LogP contribution in [0.4, 0.5) is 10.5 Å². The SMILES string of the molecule is Cc1cc(Br)ccc1NC(=O)N[C@@H]1C=C[C@H](CO)C1. The number of amides is 2. The Morgan fingerprint density at radius 2 is 2.26 bits per heavy atom. The molecule has 0 aromatic heterocycles. The van der Waals surface area contributed by atoms with Crippen molar-refractivity contribution in [2.75, 3.05) is 11.9 Å². The van der Waals surface area contributed by atoms with Gasteiger partial charge in [0.1, 0.15) is 0 Å². The van der Waals surface area contributed by atoms with E-state index in [-0.39, 0.29) is 24.6 Å². The molecular weight excluding hydrogens is 308 g/mol. The topological polar surface area (TPSA) is 61.4 Å². The van der Waals surface area contributed by atoms with E-state index in [0.717, 1.165) is 22.1 Å². The molecule has 102 valence electrons. The molecule has 1 aliphatic rings. The number of urea groups is 1. The molecular formula is C14H17BrN2O2. The monoisotopic (exact) mass is 324 g/mol. The summed E-state index contributed by atoms with van der Waals surface area (Å²) in [6, 6.07) is 5.47. The lowest BCUT2D eigenvalue weighted by Gasteiger charge is -2.14. The number of aliphatic hydroxyl groups is 1. The number of hydrogen-bond donors (Lipinski definition) is 3. The molecule has 19 heavy (non-hydrogen) atoms. The third-order valence-electron chi connectivity index (χ3n) is 3.16. The molecule has 1 aromatic rings. The lowest BCUT2D eigenvalue weighted by atomic mass is 10.1. The lowest BCUT2D eigenvalue weighted by molar-refractivity contribution is 0.238. The number of benzene rings is 1. The molecule has 2 atom stereocenters. The summed E-state index contributed by atoms with van der Waals surface area (Å²) in [5, 5.41) is 14.7. The quantitative estimate of drug-likeness (QED) is 0.749. The summed E-state index contributed by atoms with van der Waals surface area (Å²) >= 11 is 3.39. The summed E-state index contributed by atoms with van der Waals surface area (Å²) in [5.74, 6) is 0.153. The maximum Gasteiger partial charge on any atom is 0.319 e. The van der Waals surface area contributed by atoms with Gasteiger partial charge in [0.25, 0.3) is 0 Å². The second kappa shape index (κ2) is 6.21. The van der Waals surface area contributed by atoms with E-state index in [2.05, 4.69) is 26.6 Å². The molecule has 0 saturated heterocycles. The Morgan fingerprint density at radius 1 is 1.47 bits per heavy atom. The van der Waals surface area contributed by atoms with Crippen molar-refractivity contribution in [1.82, 2.24) is 5.32 Å². The number of halogens is 1. The molecule has 5 heteroatoms. The van der Waals surface area contributed by atoms with Gasteiger partial charge in [0, 0.05) is 28.7 Å². The first-order valence-electron chi connectivity index (χ1n) is 6.21. The van der Waals surface area contributed by atoms with E-state index in [4.69, 9.17) is 5.11 Å². The fraction of sp³-hybridized carbons (Fsp3) is 0.357. The average Bonchev–Trinajstić information content (AvgIpc) is 2.80. The number of nitrogens with one attached hydrogen (secondary N) is 2. The standard InChI is InChI=1S/C14H17BrN2O2/c1-9-6-11(15)3-5-13(9)17-14(19)16-12-4-2-10(7-12)8-18/h2-6,10,12,18H,7-8H2,1H3,(H2,16,17,19)/t10-,12+/m0/s1. The van der Waals surface area contributed by atoms with Crippen molar-refractivity contribution in [3.05, 3.63) is 40.4 Å². The number of hydrogen-bond acceptors (Lipinski definition) is 2. The molecule has 3 N–H and O–H groups in total. The second-order valence-corrected chi connectivity index (χ2v) is 5.64. The van der Waals surface area contributed by atoms with Crippen molar-refractivity contribution in [3.63, 3.8) is 0 Å². The van der Waals surface area contributed by atoms with Gasteiger partial charge in [-0.3, -0.25) is 0 Å². The van der Waals surface area contributed by atoms with Crippen LogP contribution in [0.2, 0.25) is 0 Å². The van der Waals surface area contributed by atoms with E-state index in [9.17, 15) is 4.79 Å². The molecule has 2 rings (SSSR count). The third kappa shape index (κ3) is 3.81. The van der Waals surface area contributed by atoms with Crippen LogP contribution in [0, 0.1) is 12.8 Å². The molecule has 4 nitrogen and oxygen atoms in total. The maximum absolute atomic E-state index is 11.9. The van der Waals surface area contributed by atoms with Crippen LogP contribution < -0.4 is 10.6 Å². The minimum atomic E-state index is -0.223. The Balaban J connectivity index is 1.90. The molecule has 0 fully saturated rings. The molecule has 0 bridgehead atoms. The molecule has 0 radical (unpaired) electrons. The molecule has 1 aliphatic carbocycles. The fourth-order valence-electron chi connectivity index (χ4n) is 2.11. The summed E-state index contributed by atoms with van der Waals surface area (Å²) in [7, 11) is 0. The van der Waals surface area contributed by atoms with Gasteiger partial charge in [0.2, 0.25) is 0 Å². The van der Waals surface area contributed by atoms with Gasteiger partial charge in [-0.2, -0.15) is 0 Å². The van der Waals surface area contributed by atoms with Gasteiger partial charge in [-0.15, -0.1) is 0 Å². The Labute approximate surface area is 121 Å². The summed E-state index contributed by atoms with van der Waals surface area (Å²) in [6.45, 7) is 2.07. The van der Waals surface area contributed by atoms with Crippen molar-refractivity contribution in [2.45, 2.75) is 19.4 Å². The van der Waals surface area contributed by atoms with Crippen molar-refractivity contribution in [3.8, 4) is 0 Å². The van der Waals surface area contributed by atoms with Gasteiger partial charge >= 0.3 is 6.03 Å². The van der Waals surface area contributed by atoms with Gasteiger partial charge < -0.3 is 15.7 Å². The number of carbonyl (C=O) groups excluding carboxylic acids is 1. The summed E-state index contributed by atoms with van der Waals surface area (Å²) in [4.78, 5) is 11.9. The molecule has 0 spiro atoms. The van der Waals surface area contributed by atoms with Crippen LogP contribution >= 0.6 is 15.9 Å². The Hall–Kier alpha value is -1.33. The minimum Gasteiger partial charge on any atom is -0.396 e. The van der Waals surface area contributed by atoms with Crippen LogP contribution in [0.1, 0.15) is 12.0 Å². The Kier molecular flexibility index (Phi) is 4.61. The highest BCUT2D eigenvalue weighted by Gasteiger charge is 2.19. The Morgan fingerprint density at radius 3 is 2.89 bits per heavy atom. The average molecular weight is 325 g/mol. The highest BCUT2D eigenvalue weighted by molar-refractivity contribution is 9.10. The predicted octanol–water partition coefficient (Wildman–Crippen LogP) is 2.82. The van der Waals surface area contributed by atoms with Gasteiger partial charge in [-0.1, -0.05) is 28.1 Å². The van der Waals surface area contributed by atoms with Gasteiger partial charge in [0.05, 0.1) is 0 Å². The summed E-state index contributed by atoms with van der Waals surface area (Å²) in [6.07, 6.45) is 4.62. The molecule has 2 amide bonds. The van der Waals surface area contributed by atoms with Crippen LogP contribution in [-0.4, -0.2) is 23.8 Å². The first-order valence-corrected chi connectivity index (χ1v) is 7.00. The van der Waals surface area contributed by atoms with Crippen molar-refractivity contribution in [2.24, 2.45) is 5.92 Å². The highest BCUT2D eigenvalue weighted by Crippen LogP contribution is 2.20. The number of rotatable bonds is 3. The number of aryl methyl sites for hydroxylation is 1. The van der Waals surface area contributed by atoms with Crippen molar-refractivity contribution >= 4 is 27.6 Å². The number of aliphatic hydroxyl groups excluding tert-OH is 1. The maximum atomic E-state index is 11.9. The zero-order valence-corrected chi connectivity index (χ0v) is 12.3. The minimum absolute atomic E-state index is 0.00657. The van der Waals surface area contributed by atoms with E-state index in [1.807, 2.05) is 37.3 Å². The van der Waals surface area contributed by atoms with Crippen LogP contribution in [0.15, 0.2) is 34.8 Å². The summed E-state index contributed by atoms with van der Waals surface area (Å²) < 4.78 is 0.987. The van der Waals surface area contributed by atoms with E-state index in [1.54, 1.807) is 0 Å². The van der Waals surface area contributed by atoms with Crippen molar-refractivity contribution in [1.29, 1.82) is 0 Å². The first kappa shape index (κ1) is 14.1. The van der Waals surface area contributed by atoms with E-state index >= 15 is 0 Å². The summed E-state index contributed by atoms with van der Waals surface area (Å²) in [5.41, 5.74) is 1.79. The largest absolute Gasteiger partial charge is 0.396 e. The van der Waals surface area contributed by atoms with E-state index in [0.29, 0.717) is 0 Å². The van der Waals surface area contributed by atoms with Crippen LogP contribution in [0.5, 0.6) is 0 Å². The zero-order valence-electron chi connectivity index (χ0n) is 10.7. The highest BCUT2D eigenvalue weighted by atomic mass is 79.9. The molecule has 0 unspecified atom stereocenters. The fourth-order valence-corrected chi connectivity index (χ4v) is 2.59. The molecule has 1 aromatic carbocycles. The smallest absolute Gasteiger partial charge is 0.319 e. The van der Waals surface area contributed by atoms with E-state index < -0.39 is 0 Å². The van der Waals surface area contributed by atoms with Crippen LogP contribution in [0.3, 0.4) is 0 Å². The van der Waals surface area contributed by atoms with Crippen LogP contribution in [0.25, 0.3) is 0 Å². The zero-order chi connectivity index (χ0) is 13.8. The van der Waals surface area contributed by atoms with Crippen LogP contribution in [-0.2, 0) is 0 Å². The normalized spacial score (nSPS) is 21.4. The molecule has 0 aliphatic heterocycles. The van der Waals surface area contributed by atoms with Gasteiger partial charge in [0.15, 0.2) is 0 Å². The lowest BCUT2D eigenvalue weighted by Crippen LogP contribution is -2.36. The third-order valence-corrected chi connectivity index (χ3v) is 3.65. The van der Waals surface area contributed by atoms with Gasteiger partial charge in [-0.25, -0.2) is 4.79 Å². The van der Waals surface area contributed by atoms with Crippen molar-refractivity contribution < 1.29 is 9.90 Å². The molecule has 0 saturated carbocycles. The second-order valence-electron chi connectivity index (χ2n) is 4.73. The van der Waals surface area contributed by atoms with Gasteiger partial charge in [-0.05, 0) is 37.1 Å². The first-order chi connectivity index (χ1) is 9.08. The van der Waals surface area contributed by atoms with E-state index in [1.165, 1.54) is 0 Å². The Bertz CT molecular complexity index is 502. The molecule has 0 heterocycles. The number of anilines is 1.